The highest BCUT2D eigenvalue weighted by atomic mass is 79.9. The summed E-state index contributed by atoms with van der Waals surface area (Å²) in [6, 6.07) is 5.52. The number of halogens is 1. The number of rotatable bonds is 0. The zero-order valence-corrected chi connectivity index (χ0v) is 10.2. The highest BCUT2D eigenvalue weighted by Gasteiger charge is 2.38. The van der Waals surface area contributed by atoms with Crippen molar-refractivity contribution in [2.45, 2.75) is 25.7 Å². The first-order valence-corrected chi connectivity index (χ1v) is 5.59. The van der Waals surface area contributed by atoms with E-state index in [2.05, 4.69) is 15.9 Å². The topological polar surface area (TPSA) is 34.1 Å². The van der Waals surface area contributed by atoms with Crippen LogP contribution in [0.2, 0.25) is 0 Å². The lowest BCUT2D eigenvalue weighted by Crippen LogP contribution is -2.37. The van der Waals surface area contributed by atoms with Crippen molar-refractivity contribution in [1.29, 1.82) is 0 Å². The van der Waals surface area contributed by atoms with Crippen LogP contribution < -0.4 is 0 Å². The average Bonchev–Trinajstić information content (AvgIpc) is 2.15. The maximum atomic E-state index is 11.7. The number of carbonyl (C=O) groups excluding carboxylic acids is 2. The SMILES string of the molecule is CC1(C)C(=O)CC(=O)c2cc(Br)ccc21. The lowest BCUT2D eigenvalue weighted by atomic mass is 9.71. The minimum absolute atomic E-state index is 0.00215. The molecule has 0 unspecified atom stereocenters. The van der Waals surface area contributed by atoms with E-state index in [1.54, 1.807) is 6.07 Å². The molecule has 0 saturated carbocycles. The van der Waals surface area contributed by atoms with Crippen LogP contribution in [0.4, 0.5) is 0 Å². The predicted molar refractivity (Wildman–Crippen MR) is 61.1 cm³/mol. The molecule has 2 nitrogen and oxygen atoms in total. The Balaban J connectivity index is 2.70. The summed E-state index contributed by atoms with van der Waals surface area (Å²) >= 11 is 3.33. The monoisotopic (exact) mass is 266 g/mol. The maximum Gasteiger partial charge on any atom is 0.170 e. The summed E-state index contributed by atoms with van der Waals surface area (Å²) in [4.78, 5) is 23.4. The highest BCUT2D eigenvalue weighted by Crippen LogP contribution is 2.35. The van der Waals surface area contributed by atoms with Gasteiger partial charge in [0.2, 0.25) is 0 Å². The number of hydrogen-bond donors (Lipinski definition) is 0. The van der Waals surface area contributed by atoms with E-state index in [0.717, 1.165) is 10.0 Å². The van der Waals surface area contributed by atoms with Crippen LogP contribution in [0.15, 0.2) is 22.7 Å². The van der Waals surface area contributed by atoms with Crippen molar-refractivity contribution >= 4 is 27.5 Å². The van der Waals surface area contributed by atoms with Gasteiger partial charge in [0.25, 0.3) is 0 Å². The molecule has 0 fully saturated rings. The molecule has 0 heterocycles. The third kappa shape index (κ3) is 1.55. The van der Waals surface area contributed by atoms with E-state index in [9.17, 15) is 9.59 Å². The molecule has 0 aliphatic heterocycles. The van der Waals surface area contributed by atoms with Crippen LogP contribution in [-0.4, -0.2) is 11.6 Å². The Morgan fingerprint density at radius 2 is 1.93 bits per heavy atom. The highest BCUT2D eigenvalue weighted by molar-refractivity contribution is 9.10. The van der Waals surface area contributed by atoms with Gasteiger partial charge in [0.15, 0.2) is 11.6 Å². The van der Waals surface area contributed by atoms with Crippen molar-refractivity contribution in [3.05, 3.63) is 33.8 Å². The molecule has 0 N–H and O–H groups in total. The van der Waals surface area contributed by atoms with Crippen LogP contribution in [-0.2, 0) is 10.2 Å². The smallest absolute Gasteiger partial charge is 0.170 e. The molecule has 2 rings (SSSR count). The van der Waals surface area contributed by atoms with E-state index >= 15 is 0 Å². The standard InChI is InChI=1S/C12H11BrO2/c1-12(2)9-4-3-7(13)5-8(9)10(14)6-11(12)15/h3-5H,6H2,1-2H3. The molecular formula is C12H11BrO2. The number of fused-ring (bicyclic) bond motifs is 1. The van der Waals surface area contributed by atoms with E-state index in [0.29, 0.717) is 5.56 Å². The Kier molecular flexibility index (Phi) is 2.30. The number of benzene rings is 1. The van der Waals surface area contributed by atoms with Gasteiger partial charge in [-0.3, -0.25) is 9.59 Å². The summed E-state index contributed by atoms with van der Waals surface area (Å²) in [5.74, 6) is -0.0713. The van der Waals surface area contributed by atoms with Crippen molar-refractivity contribution in [2.24, 2.45) is 0 Å². The Bertz CT molecular complexity index is 461. The molecule has 0 atom stereocenters. The third-order valence-corrected chi connectivity index (χ3v) is 3.47. The second-order valence-electron chi connectivity index (χ2n) is 4.34. The molecule has 1 aliphatic carbocycles. The molecule has 0 saturated heterocycles. The largest absolute Gasteiger partial charge is 0.298 e. The maximum absolute atomic E-state index is 11.7. The summed E-state index contributed by atoms with van der Waals surface area (Å²) in [5.41, 5.74) is 0.977. The summed E-state index contributed by atoms with van der Waals surface area (Å²) in [5, 5.41) is 0. The fraction of sp³-hybridized carbons (Fsp3) is 0.333. The molecule has 15 heavy (non-hydrogen) atoms. The minimum atomic E-state index is -0.538. The lowest BCUT2D eigenvalue weighted by Gasteiger charge is -2.30. The summed E-state index contributed by atoms with van der Waals surface area (Å²) in [7, 11) is 0. The molecular weight excluding hydrogens is 256 g/mol. The number of Topliss-reactive ketones (excluding diaryl/α,β-unsaturated/α-hetero) is 2. The molecule has 0 aromatic heterocycles. The quantitative estimate of drug-likeness (QED) is 0.677. The third-order valence-electron chi connectivity index (χ3n) is 2.97. The first-order chi connectivity index (χ1) is 6.93. The molecule has 0 bridgehead atoms. The fourth-order valence-corrected chi connectivity index (χ4v) is 2.27. The van der Waals surface area contributed by atoms with Crippen molar-refractivity contribution < 1.29 is 9.59 Å². The van der Waals surface area contributed by atoms with Crippen LogP contribution in [0.3, 0.4) is 0 Å². The van der Waals surface area contributed by atoms with Crippen LogP contribution in [0.25, 0.3) is 0 Å². The van der Waals surface area contributed by atoms with Gasteiger partial charge in [-0.2, -0.15) is 0 Å². The summed E-state index contributed by atoms with van der Waals surface area (Å²) in [6.45, 7) is 3.74. The van der Waals surface area contributed by atoms with Gasteiger partial charge in [-0.25, -0.2) is 0 Å². The fourth-order valence-electron chi connectivity index (χ4n) is 1.90. The Morgan fingerprint density at radius 3 is 2.60 bits per heavy atom. The van der Waals surface area contributed by atoms with Crippen molar-refractivity contribution in [3.63, 3.8) is 0 Å². The van der Waals surface area contributed by atoms with Gasteiger partial charge < -0.3 is 0 Å². The van der Waals surface area contributed by atoms with E-state index < -0.39 is 5.41 Å². The zero-order valence-electron chi connectivity index (χ0n) is 8.63. The van der Waals surface area contributed by atoms with Crippen LogP contribution in [0.1, 0.15) is 36.2 Å². The molecule has 78 valence electrons. The molecule has 3 heteroatoms. The van der Waals surface area contributed by atoms with Crippen LogP contribution in [0.5, 0.6) is 0 Å². The van der Waals surface area contributed by atoms with Crippen molar-refractivity contribution in [3.8, 4) is 0 Å². The molecule has 0 spiro atoms. The number of hydrogen-bond acceptors (Lipinski definition) is 2. The predicted octanol–water partition coefficient (Wildman–Crippen LogP) is 2.88. The molecule has 1 aromatic carbocycles. The van der Waals surface area contributed by atoms with E-state index in [-0.39, 0.29) is 18.0 Å². The van der Waals surface area contributed by atoms with Gasteiger partial charge in [0, 0.05) is 15.5 Å². The first kappa shape index (κ1) is 10.6. The summed E-state index contributed by atoms with van der Waals surface area (Å²) < 4.78 is 0.875. The van der Waals surface area contributed by atoms with Crippen LogP contribution >= 0.6 is 15.9 Å². The summed E-state index contributed by atoms with van der Waals surface area (Å²) in [6.07, 6.45) is 0.0243. The second kappa shape index (κ2) is 3.27. The second-order valence-corrected chi connectivity index (χ2v) is 5.25. The average molecular weight is 267 g/mol. The van der Waals surface area contributed by atoms with E-state index in [1.165, 1.54) is 0 Å². The van der Waals surface area contributed by atoms with Gasteiger partial charge in [-0.1, -0.05) is 22.0 Å². The van der Waals surface area contributed by atoms with E-state index in [4.69, 9.17) is 0 Å². The normalized spacial score (nSPS) is 18.9. The van der Waals surface area contributed by atoms with Gasteiger partial charge in [0.05, 0.1) is 6.42 Å². The zero-order chi connectivity index (χ0) is 11.2. The molecule has 1 aliphatic rings. The van der Waals surface area contributed by atoms with Crippen molar-refractivity contribution in [1.82, 2.24) is 0 Å². The number of ketones is 2. The molecule has 0 radical (unpaired) electrons. The Labute approximate surface area is 96.8 Å². The van der Waals surface area contributed by atoms with E-state index in [1.807, 2.05) is 26.0 Å². The van der Waals surface area contributed by atoms with Crippen molar-refractivity contribution in [2.75, 3.05) is 0 Å². The minimum Gasteiger partial charge on any atom is -0.298 e. The molecule has 1 aromatic rings. The van der Waals surface area contributed by atoms with Crippen LogP contribution in [0, 0.1) is 0 Å². The van der Waals surface area contributed by atoms with Gasteiger partial charge >= 0.3 is 0 Å². The molecule has 0 amide bonds. The van der Waals surface area contributed by atoms with Gasteiger partial charge in [-0.05, 0) is 31.5 Å². The Hall–Kier alpha value is -0.960. The van der Waals surface area contributed by atoms with Gasteiger partial charge in [-0.15, -0.1) is 0 Å². The van der Waals surface area contributed by atoms with Gasteiger partial charge in [0.1, 0.15) is 0 Å². The lowest BCUT2D eigenvalue weighted by molar-refractivity contribution is -0.122. The Morgan fingerprint density at radius 1 is 1.27 bits per heavy atom. The first-order valence-electron chi connectivity index (χ1n) is 4.79. The number of carbonyl (C=O) groups is 2.